The largest absolute Gasteiger partial charge is 0.352 e. The molecule has 0 unspecified atom stereocenters. The number of nitrogens with one attached hydrogen (secondary N) is 2. The Bertz CT molecular complexity index is 740. The molecular formula is C18H29N4O3S2+. The molecule has 1 aromatic rings. The minimum atomic E-state index is -3.49. The number of amides is 1. The van der Waals surface area contributed by atoms with Crippen LogP contribution in [0.3, 0.4) is 0 Å². The van der Waals surface area contributed by atoms with Crippen molar-refractivity contribution in [2.45, 2.75) is 53.8 Å². The van der Waals surface area contributed by atoms with Gasteiger partial charge in [-0.25, -0.2) is 13.4 Å². The highest BCUT2D eigenvalue weighted by Gasteiger charge is 2.29. The number of piperazine rings is 1. The molecule has 2 heterocycles. The molecule has 2 aliphatic rings. The number of quaternary nitrogens is 1. The third-order valence-corrected chi connectivity index (χ3v) is 8.22. The highest BCUT2D eigenvalue weighted by molar-refractivity contribution is 8.00. The Balaban J connectivity index is 1.58. The second-order valence-corrected chi connectivity index (χ2v) is 10.7. The molecule has 7 nitrogen and oxygen atoms in total. The predicted octanol–water partition coefficient (Wildman–Crippen LogP) is 0.140. The van der Waals surface area contributed by atoms with Crippen LogP contribution in [-0.4, -0.2) is 68.1 Å². The van der Waals surface area contributed by atoms with Gasteiger partial charge in [0.1, 0.15) is 4.90 Å². The van der Waals surface area contributed by atoms with Crippen molar-refractivity contribution < 1.29 is 18.1 Å². The average molecular weight is 414 g/mol. The summed E-state index contributed by atoms with van der Waals surface area (Å²) in [5.41, 5.74) is 0. The number of rotatable bonds is 6. The minimum Gasteiger partial charge on any atom is -0.352 e. The summed E-state index contributed by atoms with van der Waals surface area (Å²) >= 11 is 1.36. The standard InChI is InChI=1S/C18H28N4O3S2/c1-14(18(23)20-15-5-3-4-6-15)26-17-8-7-16(13-19-17)27(24,25)22-11-9-21(2)10-12-22/h7-8,13-15H,3-6,9-12H2,1-2H3,(H,20,23)/p+1/t14-/m0/s1. The summed E-state index contributed by atoms with van der Waals surface area (Å²) in [6.45, 7) is 4.54. The van der Waals surface area contributed by atoms with Gasteiger partial charge in [-0.05, 0) is 31.9 Å². The lowest BCUT2D eigenvalue weighted by Crippen LogP contribution is -3.12. The molecule has 27 heavy (non-hydrogen) atoms. The van der Waals surface area contributed by atoms with Gasteiger partial charge in [0.25, 0.3) is 0 Å². The molecule has 0 radical (unpaired) electrons. The van der Waals surface area contributed by atoms with Crippen LogP contribution in [0.15, 0.2) is 28.3 Å². The van der Waals surface area contributed by atoms with E-state index in [0.29, 0.717) is 24.2 Å². The molecule has 1 atom stereocenters. The van der Waals surface area contributed by atoms with E-state index in [4.69, 9.17) is 0 Å². The van der Waals surface area contributed by atoms with Crippen molar-refractivity contribution >= 4 is 27.7 Å². The normalized spacial score (nSPS) is 21.3. The van der Waals surface area contributed by atoms with E-state index in [9.17, 15) is 13.2 Å². The second kappa shape index (κ2) is 8.89. The highest BCUT2D eigenvalue weighted by atomic mass is 32.2. The van der Waals surface area contributed by atoms with Gasteiger partial charge in [0.2, 0.25) is 15.9 Å². The summed E-state index contributed by atoms with van der Waals surface area (Å²) in [7, 11) is -1.42. The number of pyridine rings is 1. The average Bonchev–Trinajstić information content (AvgIpc) is 3.15. The van der Waals surface area contributed by atoms with Gasteiger partial charge in [0.05, 0.1) is 43.5 Å². The van der Waals surface area contributed by atoms with Crippen LogP contribution in [0.2, 0.25) is 0 Å². The van der Waals surface area contributed by atoms with E-state index in [-0.39, 0.29) is 16.1 Å². The molecule has 150 valence electrons. The maximum absolute atomic E-state index is 12.7. The van der Waals surface area contributed by atoms with Gasteiger partial charge in [-0.15, -0.1) is 0 Å². The van der Waals surface area contributed by atoms with Crippen LogP contribution in [-0.2, 0) is 14.8 Å². The molecule has 1 aliphatic heterocycles. The Kier molecular flexibility index (Phi) is 6.78. The van der Waals surface area contributed by atoms with Gasteiger partial charge in [-0.3, -0.25) is 4.79 Å². The molecule has 0 bridgehead atoms. The predicted molar refractivity (Wildman–Crippen MR) is 105 cm³/mol. The topological polar surface area (TPSA) is 83.8 Å². The maximum atomic E-state index is 12.7. The molecule has 1 saturated carbocycles. The fraction of sp³-hybridized carbons (Fsp3) is 0.667. The zero-order valence-corrected chi connectivity index (χ0v) is 17.6. The number of thioether (sulfide) groups is 1. The Morgan fingerprint density at radius 3 is 2.56 bits per heavy atom. The van der Waals surface area contributed by atoms with E-state index in [1.165, 1.54) is 40.0 Å². The van der Waals surface area contributed by atoms with E-state index in [2.05, 4.69) is 17.3 Å². The monoisotopic (exact) mass is 413 g/mol. The molecule has 2 fully saturated rings. The van der Waals surface area contributed by atoms with Crippen molar-refractivity contribution in [1.29, 1.82) is 0 Å². The Labute approximate surface area is 165 Å². The van der Waals surface area contributed by atoms with Crippen LogP contribution in [0, 0.1) is 0 Å². The number of hydrogen-bond acceptors (Lipinski definition) is 5. The lowest BCUT2D eigenvalue weighted by molar-refractivity contribution is -0.883. The maximum Gasteiger partial charge on any atom is 0.245 e. The van der Waals surface area contributed by atoms with Crippen LogP contribution in [0.1, 0.15) is 32.6 Å². The van der Waals surface area contributed by atoms with Crippen molar-refractivity contribution in [3.63, 3.8) is 0 Å². The van der Waals surface area contributed by atoms with Crippen molar-refractivity contribution in [1.82, 2.24) is 14.6 Å². The van der Waals surface area contributed by atoms with Crippen LogP contribution in [0.4, 0.5) is 0 Å². The lowest BCUT2D eigenvalue weighted by atomic mass is 10.2. The van der Waals surface area contributed by atoms with E-state index < -0.39 is 10.0 Å². The molecule has 1 aliphatic carbocycles. The zero-order chi connectivity index (χ0) is 19.4. The van der Waals surface area contributed by atoms with Crippen LogP contribution >= 0.6 is 11.8 Å². The van der Waals surface area contributed by atoms with Gasteiger partial charge in [0.15, 0.2) is 0 Å². The van der Waals surface area contributed by atoms with Crippen LogP contribution < -0.4 is 10.2 Å². The fourth-order valence-corrected chi connectivity index (χ4v) is 5.65. The molecular weight excluding hydrogens is 384 g/mol. The number of sulfonamides is 1. The zero-order valence-electron chi connectivity index (χ0n) is 16.0. The molecule has 0 aromatic carbocycles. The summed E-state index contributed by atoms with van der Waals surface area (Å²) in [6.07, 6.45) is 5.88. The Morgan fingerprint density at radius 1 is 1.30 bits per heavy atom. The van der Waals surface area contributed by atoms with Crippen molar-refractivity contribution in [3.8, 4) is 0 Å². The van der Waals surface area contributed by atoms with E-state index in [1.807, 2.05) is 6.92 Å². The second-order valence-electron chi connectivity index (χ2n) is 7.44. The van der Waals surface area contributed by atoms with Gasteiger partial charge < -0.3 is 10.2 Å². The SMILES string of the molecule is C[C@H](Sc1ccc(S(=O)(=O)N2CC[NH+](C)CC2)cn1)C(=O)NC1CCCC1. The molecule has 3 rings (SSSR count). The first kappa shape index (κ1) is 20.6. The van der Waals surface area contributed by atoms with Gasteiger partial charge in [0, 0.05) is 12.2 Å². The van der Waals surface area contributed by atoms with E-state index in [1.54, 1.807) is 12.1 Å². The number of carbonyl (C=O) groups is 1. The van der Waals surface area contributed by atoms with Crippen LogP contribution in [0.25, 0.3) is 0 Å². The molecule has 1 aromatic heterocycles. The van der Waals surface area contributed by atoms with E-state index in [0.717, 1.165) is 25.9 Å². The van der Waals surface area contributed by atoms with Gasteiger partial charge in [-0.2, -0.15) is 4.31 Å². The molecule has 9 heteroatoms. The third kappa shape index (κ3) is 5.22. The van der Waals surface area contributed by atoms with Gasteiger partial charge in [-0.1, -0.05) is 24.6 Å². The minimum absolute atomic E-state index is 0.0188. The van der Waals surface area contributed by atoms with Gasteiger partial charge >= 0.3 is 0 Å². The molecule has 1 saturated heterocycles. The first-order chi connectivity index (χ1) is 12.9. The smallest absolute Gasteiger partial charge is 0.245 e. The van der Waals surface area contributed by atoms with Crippen molar-refractivity contribution in [3.05, 3.63) is 18.3 Å². The summed E-state index contributed by atoms with van der Waals surface area (Å²) in [5, 5.41) is 3.48. The summed E-state index contributed by atoms with van der Waals surface area (Å²) in [5.74, 6) is 0.0188. The third-order valence-electron chi connectivity index (χ3n) is 5.29. The first-order valence-electron chi connectivity index (χ1n) is 9.61. The van der Waals surface area contributed by atoms with Crippen molar-refractivity contribution in [2.24, 2.45) is 0 Å². The summed E-state index contributed by atoms with van der Waals surface area (Å²) < 4.78 is 27.0. The fourth-order valence-electron chi connectivity index (χ4n) is 3.47. The number of aromatic nitrogens is 1. The molecule has 0 spiro atoms. The number of hydrogen-bond donors (Lipinski definition) is 2. The lowest BCUT2D eigenvalue weighted by Gasteiger charge is -2.29. The van der Waals surface area contributed by atoms with E-state index >= 15 is 0 Å². The van der Waals surface area contributed by atoms with Crippen LogP contribution in [0.5, 0.6) is 0 Å². The molecule has 2 N–H and O–H groups in total. The summed E-state index contributed by atoms with van der Waals surface area (Å²) in [6, 6.07) is 3.59. The highest BCUT2D eigenvalue weighted by Crippen LogP contribution is 2.24. The number of carbonyl (C=O) groups excluding carboxylic acids is 1. The quantitative estimate of drug-likeness (QED) is 0.648. The summed E-state index contributed by atoms with van der Waals surface area (Å²) in [4.78, 5) is 18.1. The number of nitrogens with zero attached hydrogens (tertiary/aromatic N) is 2. The van der Waals surface area contributed by atoms with Crippen molar-refractivity contribution in [2.75, 3.05) is 33.2 Å². The first-order valence-corrected chi connectivity index (χ1v) is 11.9. The number of likely N-dealkylation sites (N-methyl/N-ethyl adjacent to an activating group) is 1. The Hall–Kier alpha value is -1.16. The molecule has 1 amide bonds. The Morgan fingerprint density at radius 2 is 1.96 bits per heavy atom.